The highest BCUT2D eigenvalue weighted by molar-refractivity contribution is 7.15. The van der Waals surface area contributed by atoms with Crippen LogP contribution in [0.2, 0.25) is 0 Å². The Morgan fingerprint density at radius 3 is 3.00 bits per heavy atom. The van der Waals surface area contributed by atoms with Crippen molar-refractivity contribution in [3.63, 3.8) is 0 Å². The maximum absolute atomic E-state index is 12.2. The number of benzene rings is 1. The minimum atomic E-state index is -0.682. The number of ether oxygens (including phenoxy) is 2. The van der Waals surface area contributed by atoms with Crippen molar-refractivity contribution in [2.24, 2.45) is 0 Å². The van der Waals surface area contributed by atoms with Crippen molar-refractivity contribution in [3.8, 4) is 11.5 Å². The lowest BCUT2D eigenvalue weighted by molar-refractivity contribution is -0.125. The summed E-state index contributed by atoms with van der Waals surface area (Å²) in [6.45, 7) is 2.26. The van der Waals surface area contributed by atoms with Crippen LogP contribution < -0.4 is 14.8 Å². The topological polar surface area (TPSA) is 73.3 Å². The van der Waals surface area contributed by atoms with E-state index in [0.717, 1.165) is 17.8 Å². The molecule has 110 valence electrons. The number of fused-ring (bicyclic) bond motifs is 1. The van der Waals surface area contributed by atoms with Crippen molar-refractivity contribution >= 4 is 22.4 Å². The van der Waals surface area contributed by atoms with Gasteiger partial charge in [0.2, 0.25) is 11.2 Å². The zero-order valence-electron chi connectivity index (χ0n) is 11.5. The number of carbonyl (C=O) groups excluding carboxylic acids is 1. The SMILES string of the molecule is CCCc1nnc(NC(=O)[C@H]2COc3ccccc3O2)s1. The monoisotopic (exact) mass is 305 g/mol. The molecule has 0 aliphatic carbocycles. The summed E-state index contributed by atoms with van der Waals surface area (Å²) in [5.41, 5.74) is 0. The van der Waals surface area contributed by atoms with Crippen molar-refractivity contribution in [1.82, 2.24) is 10.2 Å². The Balaban J connectivity index is 1.63. The largest absolute Gasteiger partial charge is 0.485 e. The third kappa shape index (κ3) is 3.13. The lowest BCUT2D eigenvalue weighted by Crippen LogP contribution is -2.40. The Morgan fingerprint density at radius 2 is 2.19 bits per heavy atom. The molecule has 6 nitrogen and oxygen atoms in total. The van der Waals surface area contributed by atoms with Gasteiger partial charge in [-0.05, 0) is 18.6 Å². The van der Waals surface area contributed by atoms with Gasteiger partial charge in [0.1, 0.15) is 11.6 Å². The third-order valence-corrected chi connectivity index (χ3v) is 3.86. The first kappa shape index (κ1) is 13.8. The summed E-state index contributed by atoms with van der Waals surface area (Å²) in [5.74, 6) is 0.958. The second-order valence-electron chi connectivity index (χ2n) is 4.60. The fourth-order valence-electron chi connectivity index (χ4n) is 1.95. The van der Waals surface area contributed by atoms with Gasteiger partial charge >= 0.3 is 0 Å². The Hall–Kier alpha value is -2.15. The summed E-state index contributed by atoms with van der Waals surface area (Å²) in [4.78, 5) is 12.2. The average molecular weight is 305 g/mol. The van der Waals surface area contributed by atoms with Crippen LogP contribution in [0.15, 0.2) is 24.3 Å². The first-order chi connectivity index (χ1) is 10.3. The quantitative estimate of drug-likeness (QED) is 0.938. The highest BCUT2D eigenvalue weighted by Gasteiger charge is 2.27. The minimum Gasteiger partial charge on any atom is -0.485 e. The van der Waals surface area contributed by atoms with Crippen molar-refractivity contribution < 1.29 is 14.3 Å². The van der Waals surface area contributed by atoms with Crippen LogP contribution in [0, 0.1) is 0 Å². The molecule has 0 radical (unpaired) electrons. The molecule has 0 fully saturated rings. The Morgan fingerprint density at radius 1 is 1.38 bits per heavy atom. The molecular weight excluding hydrogens is 290 g/mol. The number of nitrogens with one attached hydrogen (secondary N) is 1. The Bertz CT molecular complexity index is 644. The Labute approximate surface area is 126 Å². The van der Waals surface area contributed by atoms with E-state index in [1.54, 1.807) is 6.07 Å². The van der Waals surface area contributed by atoms with Crippen molar-refractivity contribution in [1.29, 1.82) is 0 Å². The molecular formula is C14H15N3O3S. The van der Waals surface area contributed by atoms with Gasteiger partial charge < -0.3 is 9.47 Å². The molecule has 0 unspecified atom stereocenters. The van der Waals surface area contributed by atoms with E-state index in [0.29, 0.717) is 16.6 Å². The molecule has 0 saturated carbocycles. The van der Waals surface area contributed by atoms with E-state index >= 15 is 0 Å². The molecule has 21 heavy (non-hydrogen) atoms. The summed E-state index contributed by atoms with van der Waals surface area (Å²) in [5, 5.41) is 12.1. The van der Waals surface area contributed by atoms with Gasteiger partial charge in [-0.15, -0.1) is 10.2 Å². The van der Waals surface area contributed by atoms with Crippen LogP contribution >= 0.6 is 11.3 Å². The van der Waals surface area contributed by atoms with Gasteiger partial charge in [-0.2, -0.15) is 0 Å². The molecule has 0 bridgehead atoms. The summed E-state index contributed by atoms with van der Waals surface area (Å²) >= 11 is 1.38. The predicted molar refractivity (Wildman–Crippen MR) is 78.9 cm³/mol. The molecule has 0 spiro atoms. The lowest BCUT2D eigenvalue weighted by Gasteiger charge is -2.25. The maximum Gasteiger partial charge on any atom is 0.270 e. The fourth-order valence-corrected chi connectivity index (χ4v) is 2.80. The number of nitrogens with zero attached hydrogens (tertiary/aromatic N) is 2. The fraction of sp³-hybridized carbons (Fsp3) is 0.357. The second kappa shape index (κ2) is 6.09. The number of para-hydroxylation sites is 2. The zero-order chi connectivity index (χ0) is 14.7. The van der Waals surface area contributed by atoms with Gasteiger partial charge in [0.15, 0.2) is 11.5 Å². The van der Waals surface area contributed by atoms with Gasteiger partial charge in [-0.25, -0.2) is 0 Å². The standard InChI is InChI=1S/C14H15N3O3S/c1-2-5-12-16-17-14(21-12)15-13(18)11-8-19-9-6-3-4-7-10(9)20-11/h3-4,6-7,11H,2,5,8H2,1H3,(H,15,17,18)/t11-/m1/s1. The molecule has 1 amide bonds. The van der Waals surface area contributed by atoms with Gasteiger partial charge in [0, 0.05) is 6.42 Å². The van der Waals surface area contributed by atoms with E-state index < -0.39 is 6.10 Å². The lowest BCUT2D eigenvalue weighted by atomic mass is 10.2. The first-order valence-electron chi connectivity index (χ1n) is 6.78. The van der Waals surface area contributed by atoms with Crippen LogP contribution in [0.5, 0.6) is 11.5 Å². The van der Waals surface area contributed by atoms with E-state index in [9.17, 15) is 4.79 Å². The van der Waals surface area contributed by atoms with E-state index in [4.69, 9.17) is 9.47 Å². The molecule has 1 aliphatic heterocycles. The highest BCUT2D eigenvalue weighted by Crippen LogP contribution is 2.31. The number of aryl methyl sites for hydroxylation is 1. The van der Waals surface area contributed by atoms with Crippen LogP contribution in [-0.4, -0.2) is 28.8 Å². The van der Waals surface area contributed by atoms with E-state index in [1.165, 1.54) is 11.3 Å². The van der Waals surface area contributed by atoms with Crippen molar-refractivity contribution in [3.05, 3.63) is 29.3 Å². The number of aromatic nitrogens is 2. The summed E-state index contributed by atoms with van der Waals surface area (Å²) in [6, 6.07) is 7.29. The smallest absolute Gasteiger partial charge is 0.270 e. The number of amides is 1. The van der Waals surface area contributed by atoms with E-state index in [1.807, 2.05) is 18.2 Å². The van der Waals surface area contributed by atoms with Gasteiger partial charge in [0.25, 0.3) is 5.91 Å². The van der Waals surface area contributed by atoms with E-state index in [-0.39, 0.29) is 12.5 Å². The van der Waals surface area contributed by atoms with Crippen LogP contribution in [0.3, 0.4) is 0 Å². The normalized spacial score (nSPS) is 16.5. The molecule has 1 aliphatic rings. The van der Waals surface area contributed by atoms with E-state index in [2.05, 4.69) is 22.4 Å². The minimum absolute atomic E-state index is 0.184. The molecule has 7 heteroatoms. The number of hydrogen-bond acceptors (Lipinski definition) is 6. The van der Waals surface area contributed by atoms with Gasteiger partial charge in [-0.3, -0.25) is 10.1 Å². The van der Waals surface area contributed by atoms with Crippen LogP contribution in [0.4, 0.5) is 5.13 Å². The molecule has 3 rings (SSSR count). The molecule has 1 aromatic heterocycles. The summed E-state index contributed by atoms with van der Waals surface area (Å²) in [6.07, 6.45) is 1.18. The molecule has 2 aromatic rings. The second-order valence-corrected chi connectivity index (χ2v) is 5.67. The van der Waals surface area contributed by atoms with Gasteiger partial charge in [0.05, 0.1) is 0 Å². The highest BCUT2D eigenvalue weighted by atomic mass is 32.1. The van der Waals surface area contributed by atoms with Gasteiger partial charge in [-0.1, -0.05) is 30.4 Å². The predicted octanol–water partition coefficient (Wildman–Crippen LogP) is 2.27. The molecule has 1 aromatic carbocycles. The third-order valence-electron chi connectivity index (χ3n) is 2.96. The molecule has 2 heterocycles. The zero-order valence-corrected chi connectivity index (χ0v) is 12.4. The number of anilines is 1. The number of rotatable bonds is 4. The van der Waals surface area contributed by atoms with Crippen LogP contribution in [0.25, 0.3) is 0 Å². The van der Waals surface area contributed by atoms with Crippen LogP contribution in [0.1, 0.15) is 18.4 Å². The van der Waals surface area contributed by atoms with Crippen molar-refractivity contribution in [2.75, 3.05) is 11.9 Å². The van der Waals surface area contributed by atoms with Crippen molar-refractivity contribution in [2.45, 2.75) is 25.9 Å². The Kier molecular flexibility index (Phi) is 4.01. The molecule has 0 saturated heterocycles. The van der Waals surface area contributed by atoms with Crippen LogP contribution in [-0.2, 0) is 11.2 Å². The molecule has 1 N–H and O–H groups in total. The first-order valence-corrected chi connectivity index (χ1v) is 7.59. The number of hydrogen-bond donors (Lipinski definition) is 1. The number of carbonyl (C=O) groups is 1. The molecule has 1 atom stereocenters. The average Bonchev–Trinajstić information content (AvgIpc) is 2.94. The summed E-state index contributed by atoms with van der Waals surface area (Å²) < 4.78 is 11.2. The summed E-state index contributed by atoms with van der Waals surface area (Å²) in [7, 11) is 0. The maximum atomic E-state index is 12.2.